The van der Waals surface area contributed by atoms with Gasteiger partial charge in [0.1, 0.15) is 0 Å². The van der Waals surface area contributed by atoms with Crippen LogP contribution in [0.2, 0.25) is 10.0 Å². The van der Waals surface area contributed by atoms with Gasteiger partial charge < -0.3 is 4.90 Å². The van der Waals surface area contributed by atoms with E-state index in [9.17, 15) is 4.79 Å². The molecule has 0 radical (unpaired) electrons. The molecule has 168 valence electrons. The predicted molar refractivity (Wildman–Crippen MR) is 128 cm³/mol. The van der Waals surface area contributed by atoms with E-state index in [4.69, 9.17) is 23.2 Å². The van der Waals surface area contributed by atoms with Crippen molar-refractivity contribution in [1.29, 1.82) is 0 Å². The summed E-state index contributed by atoms with van der Waals surface area (Å²) >= 11 is 14.1. The van der Waals surface area contributed by atoms with Crippen molar-refractivity contribution in [2.75, 3.05) is 18.8 Å². The van der Waals surface area contributed by atoms with Crippen LogP contribution in [0, 0.1) is 11.8 Å². The van der Waals surface area contributed by atoms with Crippen molar-refractivity contribution in [2.24, 2.45) is 11.8 Å². The van der Waals surface area contributed by atoms with Crippen molar-refractivity contribution < 1.29 is 4.79 Å². The summed E-state index contributed by atoms with van der Waals surface area (Å²) in [6, 6.07) is 5.81. The molecule has 5 nitrogen and oxygen atoms in total. The summed E-state index contributed by atoms with van der Waals surface area (Å²) in [4.78, 5) is 14.9. The third-order valence-electron chi connectivity index (χ3n) is 6.32. The predicted octanol–water partition coefficient (Wildman–Crippen LogP) is 6.35. The van der Waals surface area contributed by atoms with E-state index in [-0.39, 0.29) is 5.91 Å². The molecule has 8 heteroatoms. The fourth-order valence-corrected chi connectivity index (χ4v) is 6.38. The van der Waals surface area contributed by atoms with Gasteiger partial charge in [-0.05, 0) is 49.3 Å². The van der Waals surface area contributed by atoms with E-state index in [0.29, 0.717) is 33.7 Å². The van der Waals surface area contributed by atoms with E-state index < -0.39 is 0 Å². The van der Waals surface area contributed by atoms with Gasteiger partial charge in [-0.25, -0.2) is 0 Å². The van der Waals surface area contributed by atoms with Crippen LogP contribution in [0.25, 0.3) is 11.4 Å². The molecule has 2 unspecified atom stereocenters. The maximum Gasteiger partial charge on any atom is 0.233 e. The molecule has 2 fully saturated rings. The van der Waals surface area contributed by atoms with Gasteiger partial charge >= 0.3 is 0 Å². The van der Waals surface area contributed by atoms with Gasteiger partial charge in [0, 0.05) is 29.7 Å². The van der Waals surface area contributed by atoms with E-state index in [0.717, 1.165) is 42.5 Å². The number of hydrogen-bond acceptors (Lipinski definition) is 4. The zero-order valence-electron chi connectivity index (χ0n) is 18.2. The molecule has 1 saturated carbocycles. The van der Waals surface area contributed by atoms with Gasteiger partial charge in [-0.15, -0.1) is 10.2 Å². The average Bonchev–Trinajstić information content (AvgIpc) is 3.15. The van der Waals surface area contributed by atoms with E-state index in [2.05, 4.69) is 28.6 Å². The number of carbonyl (C=O) groups is 1. The third kappa shape index (κ3) is 5.40. The summed E-state index contributed by atoms with van der Waals surface area (Å²) < 4.78 is 2.22. The fraction of sp³-hybridized carbons (Fsp3) is 0.609. The molecule has 1 aromatic carbocycles. The van der Waals surface area contributed by atoms with Crippen LogP contribution in [0.15, 0.2) is 23.4 Å². The molecule has 0 bridgehead atoms. The molecule has 0 spiro atoms. The number of thioether (sulfide) groups is 1. The minimum Gasteiger partial charge on any atom is -0.341 e. The lowest BCUT2D eigenvalue weighted by atomic mass is 9.92. The highest BCUT2D eigenvalue weighted by molar-refractivity contribution is 7.99. The molecule has 1 saturated heterocycles. The first-order chi connectivity index (χ1) is 14.9. The number of carbonyl (C=O) groups excluding carboxylic acids is 1. The fourth-order valence-electron chi connectivity index (χ4n) is 4.98. The third-order valence-corrected chi connectivity index (χ3v) is 7.80. The standard InChI is InChI=1S/C23H30Cl2N4OS/c1-15-10-16(2)13-28(12-15)21(30)14-31-23-27-26-22(19-9-8-17(24)11-20(19)25)29(23)18-6-4-3-5-7-18/h8-9,11,15-16,18H,3-7,10,12-14H2,1-2H3. The zero-order valence-corrected chi connectivity index (χ0v) is 20.5. The van der Waals surface area contributed by atoms with Gasteiger partial charge in [0.05, 0.1) is 10.8 Å². The largest absolute Gasteiger partial charge is 0.341 e. The number of hydrogen-bond donors (Lipinski definition) is 0. The summed E-state index contributed by atoms with van der Waals surface area (Å²) in [5.74, 6) is 2.46. The number of benzene rings is 1. The Bertz CT molecular complexity index is 918. The highest BCUT2D eigenvalue weighted by Crippen LogP contribution is 2.38. The molecular formula is C23H30Cl2N4OS. The molecule has 1 aliphatic carbocycles. The number of halogens is 2. The Kier molecular flexibility index (Phi) is 7.50. The van der Waals surface area contributed by atoms with Gasteiger partial charge in [0.2, 0.25) is 5.91 Å². The van der Waals surface area contributed by atoms with Gasteiger partial charge in [0.15, 0.2) is 11.0 Å². The van der Waals surface area contributed by atoms with Crippen LogP contribution in [-0.2, 0) is 4.79 Å². The van der Waals surface area contributed by atoms with Crippen LogP contribution in [-0.4, -0.2) is 44.4 Å². The van der Waals surface area contributed by atoms with Gasteiger partial charge in [-0.3, -0.25) is 9.36 Å². The second-order valence-corrected chi connectivity index (χ2v) is 10.9. The zero-order chi connectivity index (χ0) is 22.0. The Labute approximate surface area is 198 Å². The SMILES string of the molecule is CC1CC(C)CN(C(=O)CSc2nnc(-c3ccc(Cl)cc3Cl)n2C2CCCCC2)C1. The van der Waals surface area contributed by atoms with E-state index in [1.807, 2.05) is 17.0 Å². The number of aromatic nitrogens is 3. The highest BCUT2D eigenvalue weighted by atomic mass is 35.5. The van der Waals surface area contributed by atoms with Crippen LogP contribution in [0.1, 0.15) is 58.4 Å². The maximum atomic E-state index is 12.9. The summed E-state index contributed by atoms with van der Waals surface area (Å²) in [7, 11) is 0. The Morgan fingerprint density at radius 1 is 1.10 bits per heavy atom. The first kappa shape index (κ1) is 22.9. The number of nitrogens with zero attached hydrogens (tertiary/aromatic N) is 4. The summed E-state index contributed by atoms with van der Waals surface area (Å²) in [6.07, 6.45) is 7.05. The number of piperidine rings is 1. The lowest BCUT2D eigenvalue weighted by Crippen LogP contribution is -2.43. The lowest BCUT2D eigenvalue weighted by Gasteiger charge is -2.35. The minimum atomic E-state index is 0.188. The Hall–Kier alpha value is -1.24. The molecule has 2 aliphatic rings. The summed E-state index contributed by atoms with van der Waals surface area (Å²) in [5, 5.41) is 11.0. The highest BCUT2D eigenvalue weighted by Gasteiger charge is 2.28. The smallest absolute Gasteiger partial charge is 0.233 e. The summed E-state index contributed by atoms with van der Waals surface area (Å²) in [5.41, 5.74) is 0.834. The molecule has 1 aliphatic heterocycles. The molecule has 0 N–H and O–H groups in total. The van der Waals surface area contributed by atoms with Crippen molar-refractivity contribution >= 4 is 40.9 Å². The first-order valence-electron chi connectivity index (χ1n) is 11.2. The van der Waals surface area contributed by atoms with Crippen molar-refractivity contribution in [1.82, 2.24) is 19.7 Å². The second kappa shape index (κ2) is 10.1. The first-order valence-corrected chi connectivity index (χ1v) is 13.0. The molecule has 31 heavy (non-hydrogen) atoms. The molecular weight excluding hydrogens is 451 g/mol. The van der Waals surface area contributed by atoms with Crippen LogP contribution in [0.5, 0.6) is 0 Å². The van der Waals surface area contributed by atoms with Gasteiger partial charge in [-0.2, -0.15) is 0 Å². The topological polar surface area (TPSA) is 51.0 Å². The molecule has 1 amide bonds. The minimum absolute atomic E-state index is 0.188. The Morgan fingerprint density at radius 3 is 2.48 bits per heavy atom. The van der Waals surface area contributed by atoms with Crippen molar-refractivity contribution in [3.63, 3.8) is 0 Å². The maximum absolute atomic E-state index is 12.9. The van der Waals surface area contributed by atoms with E-state index in [1.54, 1.807) is 6.07 Å². The molecule has 4 rings (SSSR count). The number of likely N-dealkylation sites (tertiary alicyclic amines) is 1. The van der Waals surface area contributed by atoms with Crippen LogP contribution in [0.3, 0.4) is 0 Å². The molecule has 1 aromatic heterocycles. The normalized spacial score (nSPS) is 22.6. The number of amides is 1. The van der Waals surface area contributed by atoms with E-state index in [1.165, 1.54) is 37.4 Å². The molecule has 2 heterocycles. The molecule has 2 atom stereocenters. The second-order valence-electron chi connectivity index (χ2n) is 9.13. The van der Waals surface area contributed by atoms with Gasteiger partial charge in [-0.1, -0.05) is 68.1 Å². The van der Waals surface area contributed by atoms with Crippen molar-refractivity contribution in [3.8, 4) is 11.4 Å². The van der Waals surface area contributed by atoms with Crippen LogP contribution >= 0.6 is 35.0 Å². The number of rotatable bonds is 5. The average molecular weight is 481 g/mol. The summed E-state index contributed by atoms with van der Waals surface area (Å²) in [6.45, 7) is 6.16. The van der Waals surface area contributed by atoms with Crippen molar-refractivity contribution in [2.45, 2.75) is 63.6 Å². The quantitative estimate of drug-likeness (QED) is 0.467. The molecule has 2 aromatic rings. The van der Waals surface area contributed by atoms with Crippen molar-refractivity contribution in [3.05, 3.63) is 28.2 Å². The Balaban J connectivity index is 1.57. The van der Waals surface area contributed by atoms with Crippen LogP contribution < -0.4 is 0 Å². The van der Waals surface area contributed by atoms with Crippen LogP contribution in [0.4, 0.5) is 0 Å². The van der Waals surface area contributed by atoms with E-state index >= 15 is 0 Å². The monoisotopic (exact) mass is 480 g/mol. The Morgan fingerprint density at radius 2 is 1.81 bits per heavy atom. The van der Waals surface area contributed by atoms with Gasteiger partial charge in [0.25, 0.3) is 0 Å². The lowest BCUT2D eigenvalue weighted by molar-refractivity contribution is -0.130.